The molecule has 0 saturated carbocycles. The first-order valence-corrected chi connectivity index (χ1v) is 12.1. The van der Waals surface area contributed by atoms with Gasteiger partial charge in [0.1, 0.15) is 0 Å². The van der Waals surface area contributed by atoms with Gasteiger partial charge in [-0.25, -0.2) is 9.50 Å². The molecule has 3 heterocycles. The molecule has 1 aliphatic rings. The zero-order valence-electron chi connectivity index (χ0n) is 20.1. The summed E-state index contributed by atoms with van der Waals surface area (Å²) >= 11 is 0. The minimum Gasteiger partial charge on any atom is -0.352 e. The fourth-order valence-electron chi connectivity index (χ4n) is 4.74. The van der Waals surface area contributed by atoms with Crippen molar-refractivity contribution in [3.05, 3.63) is 58.7 Å². The molecule has 1 aliphatic heterocycles. The van der Waals surface area contributed by atoms with Crippen molar-refractivity contribution in [3.8, 4) is 0 Å². The van der Waals surface area contributed by atoms with E-state index < -0.39 is 12.0 Å². The molecular weight excluding hydrogens is 457 g/mol. The topological polar surface area (TPSA) is 75.4 Å². The lowest BCUT2D eigenvalue weighted by Crippen LogP contribution is -2.46. The van der Waals surface area contributed by atoms with Crippen LogP contribution < -0.4 is 5.32 Å². The van der Waals surface area contributed by atoms with Crippen LogP contribution in [0.2, 0.25) is 0 Å². The maximum atomic E-state index is 13.0. The van der Waals surface area contributed by atoms with Crippen molar-refractivity contribution in [2.75, 3.05) is 19.6 Å². The van der Waals surface area contributed by atoms with E-state index in [1.807, 2.05) is 18.2 Å². The molecule has 1 saturated heterocycles. The molecule has 1 N–H and O–H groups in total. The second-order valence-corrected chi connectivity index (χ2v) is 9.22. The summed E-state index contributed by atoms with van der Waals surface area (Å²) in [6.07, 6.45) is 0.275. The second-order valence-electron chi connectivity index (χ2n) is 9.22. The number of amides is 1. The number of piperidine rings is 1. The van der Waals surface area contributed by atoms with E-state index >= 15 is 0 Å². The van der Waals surface area contributed by atoms with Gasteiger partial charge < -0.3 is 10.2 Å². The molecule has 1 amide bonds. The summed E-state index contributed by atoms with van der Waals surface area (Å²) in [6, 6.07) is 10.1. The van der Waals surface area contributed by atoms with Gasteiger partial charge in [-0.1, -0.05) is 36.8 Å². The molecule has 35 heavy (non-hydrogen) atoms. The molecule has 3 aromatic rings. The van der Waals surface area contributed by atoms with Crippen LogP contribution in [0, 0.1) is 13.8 Å². The molecule has 1 fully saturated rings. The quantitative estimate of drug-likeness (QED) is 0.521. The number of hydrogen-bond donors (Lipinski definition) is 1. The van der Waals surface area contributed by atoms with Crippen LogP contribution in [0.15, 0.2) is 30.3 Å². The van der Waals surface area contributed by atoms with Gasteiger partial charge in [0.05, 0.1) is 0 Å². The predicted octanol–water partition coefficient (Wildman–Crippen LogP) is 3.91. The second kappa shape index (κ2) is 10.7. The number of rotatable bonds is 8. The van der Waals surface area contributed by atoms with Crippen molar-refractivity contribution in [2.45, 2.75) is 64.6 Å². The van der Waals surface area contributed by atoms with Crippen LogP contribution in [-0.2, 0) is 23.8 Å². The molecule has 188 valence electrons. The van der Waals surface area contributed by atoms with Crippen molar-refractivity contribution in [2.24, 2.45) is 0 Å². The van der Waals surface area contributed by atoms with Crippen LogP contribution in [0.5, 0.6) is 0 Å². The first-order chi connectivity index (χ1) is 16.7. The first-order valence-electron chi connectivity index (χ1n) is 12.1. The lowest BCUT2D eigenvalue weighted by atomic mass is 10.0. The molecular formula is C25H31F3N6O. The summed E-state index contributed by atoms with van der Waals surface area (Å²) in [5.41, 5.74) is 2.94. The Bertz CT molecular complexity index is 1160. The molecule has 0 bridgehead atoms. The van der Waals surface area contributed by atoms with Crippen LogP contribution in [0.1, 0.15) is 54.0 Å². The molecule has 1 atom stereocenters. The van der Waals surface area contributed by atoms with Gasteiger partial charge in [0, 0.05) is 30.4 Å². The zero-order chi connectivity index (χ0) is 25.0. The van der Waals surface area contributed by atoms with Crippen molar-refractivity contribution in [1.29, 1.82) is 0 Å². The SMILES string of the molecule is Cc1nc2nc(C(F)(F)F)nn2c(C)c1CCC(=O)NC(Cc1ccccc1)CN1CCCCC1. The Kier molecular flexibility index (Phi) is 7.69. The van der Waals surface area contributed by atoms with Crippen molar-refractivity contribution >= 4 is 11.7 Å². The maximum Gasteiger partial charge on any atom is 0.453 e. The Morgan fingerprint density at radius 1 is 1.09 bits per heavy atom. The number of fused-ring (bicyclic) bond motifs is 1. The summed E-state index contributed by atoms with van der Waals surface area (Å²) in [4.78, 5) is 23.1. The molecule has 1 unspecified atom stereocenters. The maximum absolute atomic E-state index is 13.0. The number of nitrogens with one attached hydrogen (secondary N) is 1. The summed E-state index contributed by atoms with van der Waals surface area (Å²) in [5, 5.41) is 6.78. The lowest BCUT2D eigenvalue weighted by molar-refractivity contribution is -0.144. The van der Waals surface area contributed by atoms with Crippen LogP contribution in [0.3, 0.4) is 0 Å². The standard InChI is InChI=1S/C25H31F3N6O/c1-17-21(18(2)34-24(29-17)31-23(32-34)25(26,27)28)11-12-22(35)30-20(15-19-9-5-3-6-10-19)16-33-13-7-4-8-14-33/h3,5-6,9-10,20H,4,7-8,11-16H2,1-2H3,(H,30,35). The molecule has 2 aromatic heterocycles. The molecule has 0 aliphatic carbocycles. The van der Waals surface area contributed by atoms with E-state index in [9.17, 15) is 18.0 Å². The van der Waals surface area contributed by atoms with Gasteiger partial charge in [0.15, 0.2) is 0 Å². The number of alkyl halides is 3. The smallest absolute Gasteiger partial charge is 0.352 e. The van der Waals surface area contributed by atoms with Crippen LogP contribution in [0.25, 0.3) is 5.78 Å². The Morgan fingerprint density at radius 3 is 2.49 bits per heavy atom. The normalized spacial score (nSPS) is 15.9. The number of aromatic nitrogens is 4. The van der Waals surface area contributed by atoms with E-state index in [4.69, 9.17) is 0 Å². The van der Waals surface area contributed by atoms with Crippen molar-refractivity contribution in [3.63, 3.8) is 0 Å². The summed E-state index contributed by atoms with van der Waals surface area (Å²) < 4.78 is 40.2. The van der Waals surface area contributed by atoms with Crippen LogP contribution in [0.4, 0.5) is 13.2 Å². The largest absolute Gasteiger partial charge is 0.453 e. The van der Waals surface area contributed by atoms with Crippen LogP contribution in [-0.4, -0.2) is 56.1 Å². The highest BCUT2D eigenvalue weighted by molar-refractivity contribution is 5.76. The van der Waals surface area contributed by atoms with Gasteiger partial charge in [0.2, 0.25) is 5.91 Å². The number of benzene rings is 1. The van der Waals surface area contributed by atoms with E-state index in [2.05, 4.69) is 37.4 Å². The van der Waals surface area contributed by atoms with Gasteiger partial charge in [-0.05, 0) is 63.7 Å². The summed E-state index contributed by atoms with van der Waals surface area (Å²) in [6.45, 7) is 6.28. The number of aryl methyl sites for hydroxylation is 2. The number of nitrogens with zero attached hydrogens (tertiary/aromatic N) is 5. The third-order valence-electron chi connectivity index (χ3n) is 6.52. The van der Waals surface area contributed by atoms with E-state index in [0.717, 1.165) is 30.6 Å². The van der Waals surface area contributed by atoms with Crippen LogP contribution >= 0.6 is 0 Å². The molecule has 1 aromatic carbocycles. The first kappa shape index (κ1) is 25.1. The Morgan fingerprint density at radius 2 is 1.80 bits per heavy atom. The number of hydrogen-bond acceptors (Lipinski definition) is 5. The van der Waals surface area contributed by atoms with E-state index in [1.54, 1.807) is 13.8 Å². The summed E-state index contributed by atoms with van der Waals surface area (Å²) in [7, 11) is 0. The van der Waals surface area contributed by atoms with Gasteiger partial charge >= 0.3 is 6.18 Å². The third-order valence-corrected chi connectivity index (χ3v) is 6.52. The fourth-order valence-corrected chi connectivity index (χ4v) is 4.74. The Labute approximate surface area is 202 Å². The average molecular weight is 489 g/mol. The predicted molar refractivity (Wildman–Crippen MR) is 126 cm³/mol. The van der Waals surface area contributed by atoms with Gasteiger partial charge in [-0.3, -0.25) is 4.79 Å². The van der Waals surface area contributed by atoms with Gasteiger partial charge in [-0.15, -0.1) is 5.10 Å². The highest BCUT2D eigenvalue weighted by atomic mass is 19.4. The zero-order valence-corrected chi connectivity index (χ0v) is 20.1. The van der Waals surface area contributed by atoms with Gasteiger partial charge in [-0.2, -0.15) is 18.2 Å². The van der Waals surface area contributed by atoms with E-state index in [0.29, 0.717) is 23.4 Å². The molecule has 7 nitrogen and oxygen atoms in total. The minimum atomic E-state index is -4.64. The Balaban J connectivity index is 1.44. The number of carbonyl (C=O) groups is 1. The average Bonchev–Trinajstić information content (AvgIpc) is 3.25. The fraction of sp³-hybridized carbons (Fsp3) is 0.520. The highest BCUT2D eigenvalue weighted by Gasteiger charge is 2.37. The Hall–Kier alpha value is -3.01. The van der Waals surface area contributed by atoms with E-state index in [1.165, 1.54) is 24.8 Å². The van der Waals surface area contributed by atoms with Crippen molar-refractivity contribution < 1.29 is 18.0 Å². The number of carbonyl (C=O) groups excluding carboxylic acids is 1. The molecule has 0 radical (unpaired) electrons. The highest BCUT2D eigenvalue weighted by Crippen LogP contribution is 2.27. The minimum absolute atomic E-state index is 0.0181. The van der Waals surface area contributed by atoms with E-state index in [-0.39, 0.29) is 24.1 Å². The molecule has 4 rings (SSSR count). The van der Waals surface area contributed by atoms with Gasteiger partial charge in [0.25, 0.3) is 11.6 Å². The number of halogens is 3. The molecule has 0 spiro atoms. The monoisotopic (exact) mass is 488 g/mol. The third kappa shape index (κ3) is 6.36. The molecule has 10 heteroatoms. The number of likely N-dealkylation sites (tertiary alicyclic amines) is 1. The lowest BCUT2D eigenvalue weighted by Gasteiger charge is -2.31. The van der Waals surface area contributed by atoms with Crippen molar-refractivity contribution in [1.82, 2.24) is 29.8 Å². The summed E-state index contributed by atoms with van der Waals surface area (Å²) in [5.74, 6) is -1.40.